The third-order valence-corrected chi connectivity index (χ3v) is 6.92. The van der Waals surface area contributed by atoms with E-state index in [1.807, 2.05) is 13.8 Å². The van der Waals surface area contributed by atoms with Gasteiger partial charge in [0.15, 0.2) is 0 Å². The molecule has 1 fully saturated rings. The summed E-state index contributed by atoms with van der Waals surface area (Å²) in [6.07, 6.45) is 1.16. The van der Waals surface area contributed by atoms with Gasteiger partial charge >= 0.3 is 0 Å². The van der Waals surface area contributed by atoms with E-state index in [4.69, 9.17) is 16.3 Å². The number of nitrogens with zero attached hydrogens (tertiary/aromatic N) is 3. The second kappa shape index (κ2) is 7.50. The standard InChI is InChI=1S/C18H22ClN3O3S/c1-12-11-18(21-14(3)20-12)25-15-7-9-22(10-8-15)26(23,24)17-6-4-5-16(19)13(17)2/h4-6,11,15H,7-10H2,1-3H3. The summed E-state index contributed by atoms with van der Waals surface area (Å²) in [7, 11) is -3.56. The van der Waals surface area contributed by atoms with Crippen molar-refractivity contribution in [1.82, 2.24) is 14.3 Å². The molecule has 0 N–H and O–H groups in total. The molecule has 1 saturated heterocycles. The summed E-state index contributed by atoms with van der Waals surface area (Å²) in [5.74, 6) is 1.21. The molecular formula is C18H22ClN3O3S. The van der Waals surface area contributed by atoms with Crippen molar-refractivity contribution in [3.05, 3.63) is 46.4 Å². The number of aromatic nitrogens is 2. The highest BCUT2D eigenvalue weighted by molar-refractivity contribution is 7.89. The summed E-state index contributed by atoms with van der Waals surface area (Å²) in [4.78, 5) is 8.79. The Balaban J connectivity index is 1.69. The summed E-state index contributed by atoms with van der Waals surface area (Å²) in [5, 5.41) is 0.457. The van der Waals surface area contributed by atoms with Gasteiger partial charge < -0.3 is 4.74 Å². The Morgan fingerprint density at radius 1 is 1.15 bits per heavy atom. The van der Waals surface area contributed by atoms with E-state index in [-0.39, 0.29) is 11.0 Å². The van der Waals surface area contributed by atoms with Crippen LogP contribution in [0.3, 0.4) is 0 Å². The minimum Gasteiger partial charge on any atom is -0.474 e. The molecule has 0 atom stereocenters. The van der Waals surface area contributed by atoms with Crippen LogP contribution in [0.1, 0.15) is 29.9 Å². The normalized spacial score (nSPS) is 16.6. The smallest absolute Gasteiger partial charge is 0.243 e. The van der Waals surface area contributed by atoms with Crippen LogP contribution in [0, 0.1) is 20.8 Å². The molecule has 140 valence electrons. The number of hydrogen-bond acceptors (Lipinski definition) is 5. The van der Waals surface area contributed by atoms with Gasteiger partial charge in [-0.3, -0.25) is 0 Å². The molecule has 0 saturated carbocycles. The lowest BCUT2D eigenvalue weighted by Crippen LogP contribution is -2.42. The molecule has 8 heteroatoms. The van der Waals surface area contributed by atoms with E-state index in [0.29, 0.717) is 48.2 Å². The molecule has 0 spiro atoms. The highest BCUT2D eigenvalue weighted by Crippen LogP contribution is 2.28. The minimum atomic E-state index is -3.56. The van der Waals surface area contributed by atoms with Crippen LogP contribution in [0.2, 0.25) is 5.02 Å². The molecule has 2 heterocycles. The minimum absolute atomic E-state index is 0.0596. The first-order valence-corrected chi connectivity index (χ1v) is 10.3. The van der Waals surface area contributed by atoms with Crippen LogP contribution in [0.15, 0.2) is 29.2 Å². The van der Waals surface area contributed by atoms with E-state index in [2.05, 4.69) is 9.97 Å². The Hall–Kier alpha value is -1.70. The van der Waals surface area contributed by atoms with Crippen molar-refractivity contribution in [3.63, 3.8) is 0 Å². The van der Waals surface area contributed by atoms with Crippen LogP contribution in [0.25, 0.3) is 0 Å². The van der Waals surface area contributed by atoms with Gasteiger partial charge in [-0.15, -0.1) is 0 Å². The SMILES string of the molecule is Cc1cc(OC2CCN(S(=O)(=O)c3cccc(Cl)c3C)CC2)nc(C)n1. The van der Waals surface area contributed by atoms with Crippen LogP contribution in [0.4, 0.5) is 0 Å². The van der Waals surface area contributed by atoms with E-state index in [1.54, 1.807) is 31.2 Å². The van der Waals surface area contributed by atoms with Crippen molar-refractivity contribution in [2.24, 2.45) is 0 Å². The molecular weight excluding hydrogens is 374 g/mol. The van der Waals surface area contributed by atoms with Crippen molar-refractivity contribution in [2.75, 3.05) is 13.1 Å². The quantitative estimate of drug-likeness (QED) is 0.794. The molecule has 2 aromatic rings. The predicted octanol–water partition coefficient (Wildman–Crippen LogP) is 3.29. The van der Waals surface area contributed by atoms with Gasteiger partial charge in [0.25, 0.3) is 0 Å². The summed E-state index contributed by atoms with van der Waals surface area (Å²) < 4.78 is 33.3. The van der Waals surface area contributed by atoms with Crippen molar-refractivity contribution in [2.45, 2.75) is 44.6 Å². The number of ether oxygens (including phenoxy) is 1. The van der Waals surface area contributed by atoms with Crippen LogP contribution >= 0.6 is 11.6 Å². The maximum absolute atomic E-state index is 12.9. The molecule has 1 aliphatic heterocycles. The molecule has 0 bridgehead atoms. The summed E-state index contributed by atoms with van der Waals surface area (Å²) >= 11 is 6.08. The zero-order valence-electron chi connectivity index (χ0n) is 15.1. The Kier molecular flexibility index (Phi) is 5.50. The van der Waals surface area contributed by atoms with Gasteiger partial charge in [0.1, 0.15) is 11.9 Å². The average Bonchev–Trinajstić information content (AvgIpc) is 2.57. The topological polar surface area (TPSA) is 72.4 Å². The average molecular weight is 396 g/mol. The second-order valence-electron chi connectivity index (χ2n) is 6.48. The van der Waals surface area contributed by atoms with E-state index >= 15 is 0 Å². The van der Waals surface area contributed by atoms with Gasteiger partial charge in [-0.25, -0.2) is 13.4 Å². The summed E-state index contributed by atoms with van der Waals surface area (Å²) in [6.45, 7) is 6.25. The van der Waals surface area contributed by atoms with Crippen LogP contribution < -0.4 is 4.74 Å². The highest BCUT2D eigenvalue weighted by atomic mass is 35.5. The molecule has 0 unspecified atom stereocenters. The van der Waals surface area contributed by atoms with Gasteiger partial charge in [-0.05, 0) is 51.3 Å². The molecule has 6 nitrogen and oxygen atoms in total. The molecule has 26 heavy (non-hydrogen) atoms. The first kappa shape index (κ1) is 19.1. The Bertz CT molecular complexity index is 890. The largest absolute Gasteiger partial charge is 0.474 e. The van der Waals surface area contributed by atoms with Crippen molar-refractivity contribution in [3.8, 4) is 5.88 Å². The number of sulfonamides is 1. The van der Waals surface area contributed by atoms with Crippen LogP contribution in [0.5, 0.6) is 5.88 Å². The van der Waals surface area contributed by atoms with Crippen molar-refractivity contribution >= 4 is 21.6 Å². The zero-order valence-corrected chi connectivity index (χ0v) is 16.6. The fraction of sp³-hybridized carbons (Fsp3) is 0.444. The maximum atomic E-state index is 12.9. The third kappa shape index (κ3) is 4.00. The molecule has 1 aliphatic rings. The molecule has 0 radical (unpaired) electrons. The lowest BCUT2D eigenvalue weighted by Gasteiger charge is -2.31. The van der Waals surface area contributed by atoms with Crippen LogP contribution in [-0.2, 0) is 10.0 Å². The fourth-order valence-corrected chi connectivity index (χ4v) is 5.06. The van der Waals surface area contributed by atoms with E-state index < -0.39 is 10.0 Å². The molecule has 1 aromatic carbocycles. The van der Waals surface area contributed by atoms with E-state index in [1.165, 1.54) is 4.31 Å². The van der Waals surface area contributed by atoms with Crippen LogP contribution in [-0.4, -0.2) is 41.9 Å². The molecule has 0 aliphatic carbocycles. The highest BCUT2D eigenvalue weighted by Gasteiger charge is 2.31. The molecule has 0 amide bonds. The predicted molar refractivity (Wildman–Crippen MR) is 100 cm³/mol. The van der Waals surface area contributed by atoms with Gasteiger partial charge in [0.2, 0.25) is 15.9 Å². The molecule has 3 rings (SSSR count). The Labute approximate surface area is 159 Å². The van der Waals surface area contributed by atoms with Gasteiger partial charge in [-0.2, -0.15) is 9.29 Å². The summed E-state index contributed by atoms with van der Waals surface area (Å²) in [6, 6.07) is 6.76. The van der Waals surface area contributed by atoms with E-state index in [9.17, 15) is 8.42 Å². The number of aryl methyl sites for hydroxylation is 2. The van der Waals surface area contributed by atoms with Gasteiger partial charge in [-0.1, -0.05) is 17.7 Å². The lowest BCUT2D eigenvalue weighted by molar-refractivity contribution is 0.129. The number of rotatable bonds is 4. The second-order valence-corrected chi connectivity index (χ2v) is 8.79. The van der Waals surface area contributed by atoms with Crippen molar-refractivity contribution < 1.29 is 13.2 Å². The zero-order chi connectivity index (χ0) is 18.9. The fourth-order valence-electron chi connectivity index (χ4n) is 3.11. The number of benzene rings is 1. The lowest BCUT2D eigenvalue weighted by atomic mass is 10.1. The van der Waals surface area contributed by atoms with Gasteiger partial charge in [0, 0.05) is 29.9 Å². The van der Waals surface area contributed by atoms with E-state index in [0.717, 1.165) is 5.69 Å². The van der Waals surface area contributed by atoms with Gasteiger partial charge in [0.05, 0.1) is 4.90 Å². The number of halogens is 1. The number of piperidine rings is 1. The summed E-state index contributed by atoms with van der Waals surface area (Å²) in [5.41, 5.74) is 1.43. The molecule has 1 aromatic heterocycles. The Morgan fingerprint density at radius 3 is 2.50 bits per heavy atom. The maximum Gasteiger partial charge on any atom is 0.243 e. The monoisotopic (exact) mass is 395 g/mol. The first-order valence-electron chi connectivity index (χ1n) is 8.51. The number of hydrogen-bond donors (Lipinski definition) is 0. The first-order chi connectivity index (χ1) is 12.3. The van der Waals surface area contributed by atoms with Crippen molar-refractivity contribution in [1.29, 1.82) is 0 Å². The third-order valence-electron chi connectivity index (χ3n) is 4.47. The Morgan fingerprint density at radius 2 is 1.85 bits per heavy atom.